The zero-order valence-corrected chi connectivity index (χ0v) is 13.1. The van der Waals surface area contributed by atoms with Crippen LogP contribution in [-0.4, -0.2) is 9.55 Å². The molecule has 0 aliphatic carbocycles. The van der Waals surface area contributed by atoms with Crippen LogP contribution in [0, 0.1) is 0 Å². The molecule has 1 aromatic heterocycles. The van der Waals surface area contributed by atoms with E-state index in [1.54, 1.807) is 6.07 Å². The van der Waals surface area contributed by atoms with E-state index in [0.717, 1.165) is 28.8 Å². The highest BCUT2D eigenvalue weighted by Crippen LogP contribution is 2.23. The third-order valence-corrected chi connectivity index (χ3v) is 4.05. The molecule has 0 bridgehead atoms. The fourth-order valence-electron chi connectivity index (χ4n) is 2.29. The topological polar surface area (TPSA) is 29.9 Å². The molecule has 0 fully saturated rings. The predicted molar refractivity (Wildman–Crippen MR) is 89.2 cm³/mol. The lowest BCUT2D eigenvalue weighted by atomic mass is 10.2. The number of hydrogen-bond acceptors (Lipinski definition) is 2. The van der Waals surface area contributed by atoms with E-state index < -0.39 is 0 Å². The molecule has 1 N–H and O–H groups in total. The van der Waals surface area contributed by atoms with Crippen molar-refractivity contribution in [3.8, 4) is 0 Å². The summed E-state index contributed by atoms with van der Waals surface area (Å²) >= 11 is 12.1. The minimum atomic E-state index is 0.648. The van der Waals surface area contributed by atoms with Crippen LogP contribution in [0.4, 0.5) is 5.69 Å². The summed E-state index contributed by atoms with van der Waals surface area (Å²) in [6.45, 7) is 3.68. The number of benzene rings is 2. The van der Waals surface area contributed by atoms with Crippen molar-refractivity contribution < 1.29 is 0 Å². The van der Waals surface area contributed by atoms with Crippen LogP contribution < -0.4 is 5.32 Å². The van der Waals surface area contributed by atoms with Gasteiger partial charge in [-0.2, -0.15) is 0 Å². The van der Waals surface area contributed by atoms with E-state index in [1.165, 1.54) is 0 Å². The zero-order valence-electron chi connectivity index (χ0n) is 11.6. The number of aromatic nitrogens is 2. The maximum Gasteiger partial charge on any atom is 0.0958 e. The molecule has 1 heterocycles. The number of anilines is 1. The molecule has 0 radical (unpaired) electrons. The van der Waals surface area contributed by atoms with E-state index in [9.17, 15) is 0 Å². The third kappa shape index (κ3) is 2.99. The molecule has 0 atom stereocenters. The zero-order chi connectivity index (χ0) is 14.8. The van der Waals surface area contributed by atoms with E-state index in [4.69, 9.17) is 23.2 Å². The number of nitrogens with one attached hydrogen (secondary N) is 1. The van der Waals surface area contributed by atoms with Crippen LogP contribution in [0.3, 0.4) is 0 Å². The van der Waals surface area contributed by atoms with Gasteiger partial charge in [0, 0.05) is 28.8 Å². The molecule has 3 nitrogen and oxygen atoms in total. The van der Waals surface area contributed by atoms with Crippen molar-refractivity contribution in [2.24, 2.45) is 0 Å². The normalized spacial score (nSPS) is 11.0. The Kier molecular flexibility index (Phi) is 4.04. The van der Waals surface area contributed by atoms with E-state index in [2.05, 4.69) is 33.9 Å². The predicted octanol–water partition coefficient (Wildman–Crippen LogP) is 4.98. The van der Waals surface area contributed by atoms with Crippen molar-refractivity contribution in [3.63, 3.8) is 0 Å². The molecule has 21 heavy (non-hydrogen) atoms. The maximum atomic E-state index is 6.17. The Balaban J connectivity index is 1.78. The molecule has 0 aliphatic heterocycles. The van der Waals surface area contributed by atoms with Crippen molar-refractivity contribution in [3.05, 3.63) is 58.3 Å². The maximum absolute atomic E-state index is 6.17. The van der Waals surface area contributed by atoms with Crippen LogP contribution in [0.1, 0.15) is 12.5 Å². The van der Waals surface area contributed by atoms with E-state index in [-0.39, 0.29) is 0 Å². The summed E-state index contributed by atoms with van der Waals surface area (Å²) in [6, 6.07) is 11.7. The van der Waals surface area contributed by atoms with Gasteiger partial charge < -0.3 is 9.88 Å². The molecule has 0 saturated heterocycles. The molecule has 108 valence electrons. The largest absolute Gasteiger partial charge is 0.381 e. The van der Waals surface area contributed by atoms with E-state index >= 15 is 0 Å². The number of aryl methyl sites for hydroxylation is 1. The van der Waals surface area contributed by atoms with Crippen molar-refractivity contribution in [1.82, 2.24) is 9.55 Å². The first-order valence-corrected chi connectivity index (χ1v) is 7.55. The fraction of sp³-hybridized carbons (Fsp3) is 0.188. The Morgan fingerprint density at radius 2 is 2.00 bits per heavy atom. The minimum absolute atomic E-state index is 0.648. The van der Waals surface area contributed by atoms with Gasteiger partial charge >= 0.3 is 0 Å². The number of imidazole rings is 1. The summed E-state index contributed by atoms with van der Waals surface area (Å²) in [5, 5.41) is 4.68. The van der Waals surface area contributed by atoms with Gasteiger partial charge in [-0.3, -0.25) is 0 Å². The molecule has 0 aliphatic rings. The molecule has 3 aromatic rings. The first-order valence-electron chi connectivity index (χ1n) is 6.80. The lowest BCUT2D eigenvalue weighted by Gasteiger charge is -2.09. The molecule has 0 unspecified atom stereocenters. The molecule has 2 aromatic carbocycles. The summed E-state index contributed by atoms with van der Waals surface area (Å²) in [6.07, 6.45) is 1.87. The minimum Gasteiger partial charge on any atom is -0.381 e. The molecule has 5 heteroatoms. The van der Waals surface area contributed by atoms with E-state index in [1.807, 2.05) is 24.5 Å². The van der Waals surface area contributed by atoms with Gasteiger partial charge in [0.1, 0.15) is 0 Å². The Labute approximate surface area is 133 Å². The van der Waals surface area contributed by atoms with Gasteiger partial charge in [-0.05, 0) is 42.8 Å². The van der Waals surface area contributed by atoms with Crippen LogP contribution >= 0.6 is 23.2 Å². The van der Waals surface area contributed by atoms with Gasteiger partial charge in [0.05, 0.1) is 17.4 Å². The van der Waals surface area contributed by atoms with Crippen LogP contribution in [0.5, 0.6) is 0 Å². The third-order valence-electron chi connectivity index (χ3n) is 3.46. The highest BCUT2D eigenvalue weighted by Gasteiger charge is 2.04. The second-order valence-corrected chi connectivity index (χ2v) is 5.67. The molecule has 0 amide bonds. The Bertz CT molecular complexity index is 780. The quantitative estimate of drug-likeness (QED) is 0.735. The average Bonchev–Trinajstić information content (AvgIpc) is 2.88. The highest BCUT2D eigenvalue weighted by atomic mass is 35.5. The smallest absolute Gasteiger partial charge is 0.0958 e. The number of rotatable bonds is 4. The molecule has 3 rings (SSSR count). The number of fused-ring (bicyclic) bond motifs is 1. The van der Waals surface area contributed by atoms with Gasteiger partial charge in [0.15, 0.2) is 0 Å². The summed E-state index contributed by atoms with van der Waals surface area (Å²) in [5.41, 5.74) is 4.17. The van der Waals surface area contributed by atoms with Gasteiger partial charge in [0.25, 0.3) is 0 Å². The van der Waals surface area contributed by atoms with Gasteiger partial charge in [-0.15, -0.1) is 0 Å². The SMILES string of the molecule is CCn1cnc2cc(NCc3ccc(Cl)cc3Cl)ccc21. The van der Waals surface area contributed by atoms with Gasteiger partial charge in [0.2, 0.25) is 0 Å². The lowest BCUT2D eigenvalue weighted by molar-refractivity contribution is 0.787. The summed E-state index contributed by atoms with van der Waals surface area (Å²) in [4.78, 5) is 4.41. The Morgan fingerprint density at radius 1 is 1.14 bits per heavy atom. The first kappa shape index (κ1) is 14.2. The van der Waals surface area contributed by atoms with Crippen molar-refractivity contribution >= 4 is 39.9 Å². The van der Waals surface area contributed by atoms with Crippen molar-refractivity contribution in [2.75, 3.05) is 5.32 Å². The Hall–Kier alpha value is -1.71. The molecule has 0 spiro atoms. The molecular formula is C16H15Cl2N3. The van der Waals surface area contributed by atoms with Crippen molar-refractivity contribution in [2.45, 2.75) is 20.0 Å². The van der Waals surface area contributed by atoms with Crippen LogP contribution in [0.25, 0.3) is 11.0 Å². The number of hydrogen-bond donors (Lipinski definition) is 1. The summed E-state index contributed by atoms with van der Waals surface area (Å²) in [5.74, 6) is 0. The average molecular weight is 320 g/mol. The van der Waals surface area contributed by atoms with Crippen LogP contribution in [0.2, 0.25) is 10.0 Å². The first-order chi connectivity index (χ1) is 10.2. The molecule has 0 saturated carbocycles. The van der Waals surface area contributed by atoms with Gasteiger partial charge in [-0.1, -0.05) is 29.3 Å². The van der Waals surface area contributed by atoms with Crippen molar-refractivity contribution in [1.29, 1.82) is 0 Å². The number of nitrogens with zero attached hydrogens (tertiary/aromatic N) is 2. The standard InChI is InChI=1S/C16H15Cl2N3/c1-2-21-10-20-15-8-13(5-6-16(15)21)19-9-11-3-4-12(17)7-14(11)18/h3-8,10,19H,2,9H2,1H3. The molecular weight excluding hydrogens is 305 g/mol. The lowest BCUT2D eigenvalue weighted by Crippen LogP contribution is -2.00. The van der Waals surface area contributed by atoms with Crippen LogP contribution in [-0.2, 0) is 13.1 Å². The highest BCUT2D eigenvalue weighted by molar-refractivity contribution is 6.35. The second kappa shape index (κ2) is 5.96. The Morgan fingerprint density at radius 3 is 2.76 bits per heavy atom. The van der Waals surface area contributed by atoms with Crippen LogP contribution in [0.15, 0.2) is 42.7 Å². The monoisotopic (exact) mass is 319 g/mol. The number of halogens is 2. The van der Waals surface area contributed by atoms with Gasteiger partial charge in [-0.25, -0.2) is 4.98 Å². The second-order valence-electron chi connectivity index (χ2n) is 4.82. The fourth-order valence-corrected chi connectivity index (χ4v) is 2.76. The summed E-state index contributed by atoms with van der Waals surface area (Å²) in [7, 11) is 0. The van der Waals surface area contributed by atoms with E-state index in [0.29, 0.717) is 16.6 Å². The summed E-state index contributed by atoms with van der Waals surface area (Å²) < 4.78 is 2.12.